The van der Waals surface area contributed by atoms with Crippen LogP contribution in [-0.4, -0.2) is 51.8 Å². The van der Waals surface area contributed by atoms with Crippen molar-refractivity contribution >= 4 is 27.0 Å². The number of hydrogen-bond donors (Lipinski definition) is 2. The van der Waals surface area contributed by atoms with Crippen LogP contribution in [0.1, 0.15) is 80.7 Å². The monoisotopic (exact) mass is 660 g/mol. The average Bonchev–Trinajstić information content (AvgIpc) is 3.02. The van der Waals surface area contributed by atoms with Crippen molar-refractivity contribution in [1.29, 1.82) is 0 Å². The Balaban J connectivity index is 1.92. The molecule has 3 aromatic carbocycles. The summed E-state index contributed by atoms with van der Waals surface area (Å²) < 4.78 is 14.6. The van der Waals surface area contributed by atoms with Crippen molar-refractivity contribution in [3.63, 3.8) is 0 Å². The van der Waals surface area contributed by atoms with Crippen LogP contribution in [0.3, 0.4) is 0 Å². The zero-order chi connectivity index (χ0) is 34.0. The van der Waals surface area contributed by atoms with E-state index < -0.39 is 28.8 Å². The Morgan fingerprint density at radius 1 is 0.652 bits per heavy atom. The van der Waals surface area contributed by atoms with Crippen molar-refractivity contribution in [3.05, 3.63) is 109 Å². The zero-order valence-corrected chi connectivity index (χ0v) is 31.8. The summed E-state index contributed by atoms with van der Waals surface area (Å²) in [6.07, 6.45) is 3.54. The van der Waals surface area contributed by atoms with E-state index in [-0.39, 0.29) is 11.1 Å². The van der Waals surface area contributed by atoms with Crippen molar-refractivity contribution in [2.75, 3.05) is 6.61 Å². The Bertz CT molecular complexity index is 1240. The van der Waals surface area contributed by atoms with Gasteiger partial charge < -0.3 is 19.1 Å². The highest BCUT2D eigenvalue weighted by molar-refractivity contribution is 6.99. The Morgan fingerprint density at radius 2 is 1.11 bits per heavy atom. The van der Waals surface area contributed by atoms with Crippen LogP contribution in [0.5, 0.6) is 0 Å². The first-order valence-electron chi connectivity index (χ1n) is 17.3. The van der Waals surface area contributed by atoms with Gasteiger partial charge in [0.15, 0.2) is 0 Å². The number of aryl methyl sites for hydroxylation is 1. The van der Waals surface area contributed by atoms with E-state index in [9.17, 15) is 10.2 Å². The zero-order valence-electron chi connectivity index (χ0n) is 29.8. The summed E-state index contributed by atoms with van der Waals surface area (Å²) >= 11 is 0. The van der Waals surface area contributed by atoms with Crippen LogP contribution < -0.4 is 10.4 Å². The van der Waals surface area contributed by atoms with Gasteiger partial charge in [-0.2, -0.15) is 0 Å². The van der Waals surface area contributed by atoms with Crippen LogP contribution in [0.2, 0.25) is 21.7 Å². The van der Waals surface area contributed by atoms with Crippen molar-refractivity contribution < 1.29 is 19.1 Å². The molecule has 0 heterocycles. The van der Waals surface area contributed by atoms with Gasteiger partial charge in [0.05, 0.1) is 18.3 Å². The molecule has 2 N–H and O–H groups in total. The lowest BCUT2D eigenvalue weighted by Crippen LogP contribution is -2.66. The number of aliphatic hydroxyl groups excluding tert-OH is 2. The Hall–Kier alpha value is -2.33. The molecule has 6 heteroatoms. The van der Waals surface area contributed by atoms with E-state index in [0.29, 0.717) is 42.5 Å². The number of benzene rings is 3. The second kappa shape index (κ2) is 17.2. The lowest BCUT2D eigenvalue weighted by atomic mass is 10.0. The van der Waals surface area contributed by atoms with Gasteiger partial charge in [0.1, 0.15) is 0 Å². The van der Waals surface area contributed by atoms with Gasteiger partial charge in [-0.25, -0.2) is 0 Å². The molecule has 3 rings (SSSR count). The second-order valence-electron chi connectivity index (χ2n) is 14.7. The molecule has 0 aromatic heterocycles. The molecular weight excluding hydrogens is 601 g/mol. The first kappa shape index (κ1) is 38.1. The molecule has 0 bridgehead atoms. The Kier molecular flexibility index (Phi) is 14.2. The maximum atomic E-state index is 11.0. The largest absolute Gasteiger partial charge is 0.410 e. The molecule has 0 unspecified atom stereocenters. The minimum absolute atomic E-state index is 0.118. The molecule has 0 fully saturated rings. The van der Waals surface area contributed by atoms with Gasteiger partial charge in [-0.15, -0.1) is 0 Å². The molecule has 0 aliphatic rings. The van der Waals surface area contributed by atoms with Gasteiger partial charge >= 0.3 is 0 Å². The van der Waals surface area contributed by atoms with Crippen molar-refractivity contribution in [2.45, 2.75) is 122 Å². The van der Waals surface area contributed by atoms with E-state index in [1.54, 1.807) is 6.08 Å². The third kappa shape index (κ3) is 9.18. The summed E-state index contributed by atoms with van der Waals surface area (Å²) in [5.74, 6) is 0. The Morgan fingerprint density at radius 3 is 1.54 bits per heavy atom. The van der Waals surface area contributed by atoms with Crippen LogP contribution in [0.15, 0.2) is 103 Å². The van der Waals surface area contributed by atoms with Gasteiger partial charge in [-0.05, 0) is 56.9 Å². The van der Waals surface area contributed by atoms with Crippen LogP contribution in [0, 0.1) is 0 Å². The summed E-state index contributed by atoms with van der Waals surface area (Å²) in [6, 6.07) is 31.6. The summed E-state index contributed by atoms with van der Waals surface area (Å²) in [5.41, 5.74) is 2.41. The Labute approximate surface area is 282 Å². The maximum Gasteiger partial charge on any atom is 0.261 e. The SMILES string of the molecule is CC(C)[Si](O[C@H](/C=C\[C@H](O)[C@H](O)CCc1ccccc1)CCO[Si](c1ccccc1)(c1ccccc1)C(C)(C)C)(C(C)C)C(C)C. The topological polar surface area (TPSA) is 58.9 Å². The summed E-state index contributed by atoms with van der Waals surface area (Å²) in [6.45, 7) is 21.2. The molecule has 0 aliphatic heterocycles. The van der Waals surface area contributed by atoms with Crippen molar-refractivity contribution in [1.82, 2.24) is 0 Å². The molecule has 0 radical (unpaired) electrons. The quantitative estimate of drug-likeness (QED) is 0.113. The molecule has 0 amide bonds. The summed E-state index contributed by atoms with van der Waals surface area (Å²) in [4.78, 5) is 0. The van der Waals surface area contributed by atoms with Crippen LogP contribution >= 0.6 is 0 Å². The minimum atomic E-state index is -2.70. The van der Waals surface area contributed by atoms with E-state index in [1.807, 2.05) is 24.3 Å². The van der Waals surface area contributed by atoms with Crippen molar-refractivity contribution in [3.8, 4) is 0 Å². The van der Waals surface area contributed by atoms with E-state index in [0.717, 1.165) is 5.56 Å². The molecule has 0 saturated carbocycles. The van der Waals surface area contributed by atoms with Gasteiger partial charge in [0.25, 0.3) is 8.32 Å². The fourth-order valence-electron chi connectivity index (χ4n) is 7.45. The normalized spacial score (nSPS) is 15.2. The fraction of sp³-hybridized carbons (Fsp3) is 0.500. The van der Waals surface area contributed by atoms with Gasteiger partial charge in [-0.1, -0.05) is 165 Å². The first-order chi connectivity index (χ1) is 21.8. The van der Waals surface area contributed by atoms with E-state index in [4.69, 9.17) is 8.85 Å². The molecular formula is C40H60O4Si2. The smallest absolute Gasteiger partial charge is 0.261 e. The highest BCUT2D eigenvalue weighted by Crippen LogP contribution is 2.44. The van der Waals surface area contributed by atoms with E-state index in [2.05, 4.69) is 135 Å². The highest BCUT2D eigenvalue weighted by atomic mass is 28.4. The highest BCUT2D eigenvalue weighted by Gasteiger charge is 2.50. The minimum Gasteiger partial charge on any atom is -0.410 e. The predicted molar refractivity (Wildman–Crippen MR) is 200 cm³/mol. The van der Waals surface area contributed by atoms with Gasteiger partial charge in [0.2, 0.25) is 8.32 Å². The fourth-order valence-corrected chi connectivity index (χ4v) is 17.6. The van der Waals surface area contributed by atoms with Gasteiger partial charge in [-0.3, -0.25) is 0 Å². The number of aliphatic hydroxyl groups is 2. The average molecular weight is 661 g/mol. The molecule has 0 aliphatic carbocycles. The van der Waals surface area contributed by atoms with Crippen LogP contribution in [0.25, 0.3) is 0 Å². The van der Waals surface area contributed by atoms with E-state index in [1.165, 1.54) is 10.4 Å². The molecule has 3 atom stereocenters. The molecule has 0 spiro atoms. The number of rotatable bonds is 17. The van der Waals surface area contributed by atoms with E-state index >= 15 is 0 Å². The third-order valence-electron chi connectivity index (χ3n) is 9.69. The lowest BCUT2D eigenvalue weighted by Gasteiger charge is -2.45. The molecule has 3 aromatic rings. The molecule has 46 heavy (non-hydrogen) atoms. The first-order valence-corrected chi connectivity index (χ1v) is 21.3. The molecule has 252 valence electrons. The lowest BCUT2D eigenvalue weighted by molar-refractivity contribution is 0.0427. The van der Waals surface area contributed by atoms with Crippen LogP contribution in [0.4, 0.5) is 0 Å². The predicted octanol–water partition coefficient (Wildman–Crippen LogP) is 8.42. The van der Waals surface area contributed by atoms with Crippen molar-refractivity contribution in [2.24, 2.45) is 0 Å². The summed E-state index contributed by atoms with van der Waals surface area (Å²) in [7, 11) is -4.95. The molecule has 0 saturated heterocycles. The van der Waals surface area contributed by atoms with Crippen LogP contribution in [-0.2, 0) is 15.3 Å². The third-order valence-corrected chi connectivity index (χ3v) is 20.9. The standard InChI is InChI=1S/C40H60O4Si2/c1-31(2)45(32(3)4,33(5)6)44-35(26-28-39(42)38(41)27-25-34-19-13-10-14-20-34)29-30-43-46(40(7,8)9,36-21-15-11-16-22-36)37-23-17-12-18-24-37/h10-24,26,28,31-33,35,38-39,41-42H,25,27,29-30H2,1-9H3/b28-26-/t35-,38-,39+/m1/s1. The van der Waals surface area contributed by atoms with Gasteiger partial charge in [0, 0.05) is 6.61 Å². The number of hydrogen-bond acceptors (Lipinski definition) is 4. The maximum absolute atomic E-state index is 11.0. The summed E-state index contributed by atoms with van der Waals surface area (Å²) in [5, 5.41) is 24.3. The second-order valence-corrected chi connectivity index (χ2v) is 24.5. The molecule has 4 nitrogen and oxygen atoms in total.